The zero-order valence-electron chi connectivity index (χ0n) is 15.9. The van der Waals surface area contributed by atoms with Crippen LogP contribution in [-0.2, 0) is 6.61 Å². The second-order valence-corrected chi connectivity index (χ2v) is 7.18. The molecule has 0 atom stereocenters. The van der Waals surface area contributed by atoms with Crippen molar-refractivity contribution in [2.75, 3.05) is 0 Å². The summed E-state index contributed by atoms with van der Waals surface area (Å²) in [6, 6.07) is 24.2. The summed E-state index contributed by atoms with van der Waals surface area (Å²) in [5.41, 5.74) is 3.11. The summed E-state index contributed by atoms with van der Waals surface area (Å²) in [5, 5.41) is 2.77. The molecule has 0 spiro atoms. The summed E-state index contributed by atoms with van der Waals surface area (Å²) in [7, 11) is 0. The van der Waals surface area contributed by atoms with E-state index in [9.17, 15) is 4.39 Å². The highest BCUT2D eigenvalue weighted by atomic mass is 35.5. The van der Waals surface area contributed by atoms with Gasteiger partial charge >= 0.3 is 0 Å². The molecule has 0 fully saturated rings. The number of halogens is 2. The Morgan fingerprint density at radius 3 is 2.59 bits per heavy atom. The largest absolute Gasteiger partial charge is 0.488 e. The van der Waals surface area contributed by atoms with E-state index < -0.39 is 0 Å². The van der Waals surface area contributed by atoms with Crippen LogP contribution in [0.1, 0.15) is 16.7 Å². The third-order valence-corrected chi connectivity index (χ3v) is 5.18. The number of aliphatic imine (C=N–C) groups is 1. The maximum absolute atomic E-state index is 14.0. The molecule has 0 heterocycles. The number of hydrogen-bond donors (Lipinski definition) is 0. The van der Waals surface area contributed by atoms with Gasteiger partial charge in [-0.25, -0.2) is 4.39 Å². The van der Waals surface area contributed by atoms with E-state index >= 15 is 0 Å². The average molecular weight is 404 g/mol. The fourth-order valence-corrected chi connectivity index (χ4v) is 3.28. The van der Waals surface area contributed by atoms with E-state index in [2.05, 4.69) is 4.99 Å². The van der Waals surface area contributed by atoms with Crippen LogP contribution in [0.2, 0.25) is 5.02 Å². The molecule has 0 bridgehead atoms. The predicted octanol–water partition coefficient (Wildman–Crippen LogP) is 7.27. The highest BCUT2D eigenvalue weighted by Crippen LogP contribution is 2.29. The number of nitrogens with zero attached hydrogens (tertiary/aromatic N) is 1. The standard InChI is InChI=1S/C25H19ClFNO/c1-17-10-12-20(14-23(17)26)28-15-22-21-8-4-2-6-18(21)11-13-25(22)29-16-19-7-3-5-9-24(19)27/h2-15H,16H2,1H3. The Bertz CT molecular complexity index is 1200. The fraction of sp³-hybridized carbons (Fsp3) is 0.0800. The van der Waals surface area contributed by atoms with Crippen LogP contribution in [0.25, 0.3) is 10.8 Å². The Morgan fingerprint density at radius 2 is 1.76 bits per heavy atom. The molecule has 4 aromatic rings. The number of rotatable bonds is 5. The van der Waals surface area contributed by atoms with E-state index in [1.54, 1.807) is 24.4 Å². The molecule has 4 aromatic carbocycles. The van der Waals surface area contributed by atoms with Gasteiger partial charge in [0.1, 0.15) is 18.2 Å². The number of benzene rings is 4. The maximum Gasteiger partial charge on any atom is 0.129 e. The van der Waals surface area contributed by atoms with E-state index in [1.807, 2.05) is 61.5 Å². The molecular formula is C25H19ClFNO. The summed E-state index contributed by atoms with van der Waals surface area (Å²) in [6.07, 6.45) is 1.78. The van der Waals surface area contributed by atoms with Crippen LogP contribution < -0.4 is 4.74 Å². The van der Waals surface area contributed by atoms with Crippen molar-refractivity contribution in [3.8, 4) is 5.75 Å². The van der Waals surface area contributed by atoms with Gasteiger partial charge in [0, 0.05) is 22.4 Å². The molecule has 0 saturated carbocycles. The zero-order valence-corrected chi connectivity index (χ0v) is 16.7. The molecule has 0 amide bonds. The van der Waals surface area contributed by atoms with Gasteiger partial charge in [0.15, 0.2) is 0 Å². The summed E-state index contributed by atoms with van der Waals surface area (Å²) < 4.78 is 20.0. The summed E-state index contributed by atoms with van der Waals surface area (Å²) in [4.78, 5) is 4.60. The van der Waals surface area contributed by atoms with Gasteiger partial charge in [-0.3, -0.25) is 4.99 Å². The summed E-state index contributed by atoms with van der Waals surface area (Å²) >= 11 is 6.22. The van der Waals surface area contributed by atoms with Crippen LogP contribution in [0.3, 0.4) is 0 Å². The molecule has 0 aliphatic rings. The lowest BCUT2D eigenvalue weighted by molar-refractivity contribution is 0.300. The van der Waals surface area contributed by atoms with Crippen molar-refractivity contribution < 1.29 is 9.13 Å². The van der Waals surface area contributed by atoms with Gasteiger partial charge < -0.3 is 4.74 Å². The third-order valence-electron chi connectivity index (χ3n) is 4.77. The smallest absolute Gasteiger partial charge is 0.129 e. The summed E-state index contributed by atoms with van der Waals surface area (Å²) in [6.45, 7) is 2.09. The Hall–Kier alpha value is -3.17. The highest BCUT2D eigenvalue weighted by Gasteiger charge is 2.09. The first-order valence-corrected chi connectivity index (χ1v) is 9.68. The lowest BCUT2D eigenvalue weighted by Gasteiger charge is -2.12. The molecule has 29 heavy (non-hydrogen) atoms. The lowest BCUT2D eigenvalue weighted by Crippen LogP contribution is -2.01. The highest BCUT2D eigenvalue weighted by molar-refractivity contribution is 6.31. The van der Waals surface area contributed by atoms with E-state index in [1.165, 1.54) is 6.07 Å². The van der Waals surface area contributed by atoms with Gasteiger partial charge in [-0.05, 0) is 47.5 Å². The maximum atomic E-state index is 14.0. The fourth-order valence-electron chi connectivity index (χ4n) is 3.11. The van der Waals surface area contributed by atoms with Gasteiger partial charge in [-0.2, -0.15) is 0 Å². The van der Waals surface area contributed by atoms with Gasteiger partial charge in [0.05, 0.1) is 5.69 Å². The Kier molecular flexibility index (Phi) is 5.59. The summed E-state index contributed by atoms with van der Waals surface area (Å²) in [5.74, 6) is 0.367. The van der Waals surface area contributed by atoms with Crippen molar-refractivity contribution in [3.63, 3.8) is 0 Å². The minimum absolute atomic E-state index is 0.141. The monoisotopic (exact) mass is 403 g/mol. The van der Waals surface area contributed by atoms with Gasteiger partial charge in [-0.1, -0.05) is 66.2 Å². The van der Waals surface area contributed by atoms with Crippen LogP contribution >= 0.6 is 11.6 Å². The van der Waals surface area contributed by atoms with Crippen molar-refractivity contribution in [2.24, 2.45) is 4.99 Å². The van der Waals surface area contributed by atoms with Crippen molar-refractivity contribution in [2.45, 2.75) is 13.5 Å². The molecule has 0 aliphatic heterocycles. The first-order chi connectivity index (χ1) is 14.1. The topological polar surface area (TPSA) is 21.6 Å². The van der Waals surface area contributed by atoms with Crippen molar-refractivity contribution in [1.29, 1.82) is 0 Å². The third kappa shape index (κ3) is 4.30. The quantitative estimate of drug-likeness (QED) is 0.321. The van der Waals surface area contributed by atoms with Crippen molar-refractivity contribution in [1.82, 2.24) is 0 Å². The Morgan fingerprint density at radius 1 is 0.966 bits per heavy atom. The van der Waals surface area contributed by atoms with Crippen LogP contribution in [0.5, 0.6) is 5.75 Å². The molecule has 4 heteroatoms. The number of fused-ring (bicyclic) bond motifs is 1. The van der Waals surface area contributed by atoms with Crippen molar-refractivity contribution >= 4 is 34.3 Å². The van der Waals surface area contributed by atoms with E-state index in [0.29, 0.717) is 16.3 Å². The molecule has 144 valence electrons. The van der Waals surface area contributed by atoms with E-state index in [0.717, 1.165) is 27.6 Å². The molecular weight excluding hydrogens is 385 g/mol. The van der Waals surface area contributed by atoms with Gasteiger partial charge in [0.2, 0.25) is 0 Å². The minimum atomic E-state index is -0.280. The molecule has 0 unspecified atom stereocenters. The molecule has 0 aromatic heterocycles. The first-order valence-electron chi connectivity index (χ1n) is 9.30. The Balaban J connectivity index is 1.71. The average Bonchev–Trinajstić information content (AvgIpc) is 2.74. The number of ether oxygens (including phenoxy) is 1. The normalized spacial score (nSPS) is 11.3. The van der Waals surface area contributed by atoms with E-state index in [4.69, 9.17) is 16.3 Å². The van der Waals surface area contributed by atoms with Crippen LogP contribution in [0.15, 0.2) is 83.9 Å². The van der Waals surface area contributed by atoms with Crippen LogP contribution in [0.4, 0.5) is 10.1 Å². The molecule has 0 N–H and O–H groups in total. The van der Waals surface area contributed by atoms with Gasteiger partial charge in [0.25, 0.3) is 0 Å². The van der Waals surface area contributed by atoms with Crippen LogP contribution in [0, 0.1) is 12.7 Å². The van der Waals surface area contributed by atoms with Gasteiger partial charge in [-0.15, -0.1) is 0 Å². The Labute approximate surface area is 174 Å². The second-order valence-electron chi connectivity index (χ2n) is 6.77. The van der Waals surface area contributed by atoms with E-state index in [-0.39, 0.29) is 12.4 Å². The molecule has 4 rings (SSSR count). The SMILES string of the molecule is Cc1ccc(N=Cc2c(OCc3ccccc3F)ccc3ccccc23)cc1Cl. The van der Waals surface area contributed by atoms with Crippen molar-refractivity contribution in [3.05, 3.63) is 106 Å². The lowest BCUT2D eigenvalue weighted by atomic mass is 10.0. The number of hydrogen-bond acceptors (Lipinski definition) is 2. The molecule has 0 saturated heterocycles. The minimum Gasteiger partial charge on any atom is -0.488 e. The molecule has 0 aliphatic carbocycles. The van der Waals surface area contributed by atoms with Crippen LogP contribution in [-0.4, -0.2) is 6.21 Å². The number of aryl methyl sites for hydroxylation is 1. The zero-order chi connectivity index (χ0) is 20.2. The predicted molar refractivity (Wildman–Crippen MR) is 118 cm³/mol. The second kappa shape index (κ2) is 8.46. The first kappa shape index (κ1) is 19.2. The molecule has 0 radical (unpaired) electrons. The molecule has 2 nitrogen and oxygen atoms in total.